The Morgan fingerprint density at radius 1 is 1.14 bits per heavy atom. The zero-order chi connectivity index (χ0) is 15.8. The summed E-state index contributed by atoms with van der Waals surface area (Å²) in [5, 5.41) is 0.655. The summed E-state index contributed by atoms with van der Waals surface area (Å²) in [5.41, 5.74) is -5.53. The standard InChI is InChI=1S/C12H8ClF3O4S/c1-19-8-4-2-7-3-5-10(11(13)9(7)6-8)20-21(17,18)12(14,15)16/h2-6H,1H3. The van der Waals surface area contributed by atoms with E-state index in [2.05, 4.69) is 4.18 Å². The Morgan fingerprint density at radius 2 is 1.76 bits per heavy atom. The minimum absolute atomic E-state index is 0.251. The van der Waals surface area contributed by atoms with Crippen LogP contribution in [0.3, 0.4) is 0 Å². The van der Waals surface area contributed by atoms with Crippen molar-refractivity contribution in [2.75, 3.05) is 7.11 Å². The van der Waals surface area contributed by atoms with Gasteiger partial charge in [-0.05, 0) is 23.6 Å². The van der Waals surface area contributed by atoms with E-state index in [1.807, 2.05) is 0 Å². The van der Waals surface area contributed by atoms with Gasteiger partial charge in [0.1, 0.15) is 5.75 Å². The van der Waals surface area contributed by atoms with E-state index < -0.39 is 21.4 Å². The predicted molar refractivity (Wildman–Crippen MR) is 71.1 cm³/mol. The monoisotopic (exact) mass is 340 g/mol. The summed E-state index contributed by atoms with van der Waals surface area (Å²) in [4.78, 5) is 0. The van der Waals surface area contributed by atoms with E-state index in [4.69, 9.17) is 16.3 Å². The Hall–Kier alpha value is -1.67. The first-order valence-electron chi connectivity index (χ1n) is 5.43. The van der Waals surface area contributed by atoms with Crippen molar-refractivity contribution >= 4 is 32.5 Å². The molecule has 0 fully saturated rings. The minimum Gasteiger partial charge on any atom is -0.497 e. The number of benzene rings is 2. The van der Waals surface area contributed by atoms with E-state index in [0.29, 0.717) is 16.5 Å². The van der Waals surface area contributed by atoms with Gasteiger partial charge < -0.3 is 8.92 Å². The molecule has 2 aromatic carbocycles. The van der Waals surface area contributed by atoms with Crippen LogP contribution < -0.4 is 8.92 Å². The first-order chi connectivity index (χ1) is 9.65. The van der Waals surface area contributed by atoms with Crippen molar-refractivity contribution in [2.24, 2.45) is 0 Å². The molecule has 21 heavy (non-hydrogen) atoms. The normalized spacial score (nSPS) is 12.4. The molecule has 0 aliphatic heterocycles. The van der Waals surface area contributed by atoms with E-state index in [1.54, 1.807) is 12.1 Å². The molecule has 2 rings (SSSR count). The number of alkyl halides is 3. The van der Waals surface area contributed by atoms with Gasteiger partial charge in [0, 0.05) is 5.39 Å². The Labute approximate surface area is 123 Å². The molecule has 0 aliphatic rings. The Balaban J connectivity index is 2.54. The molecule has 0 bridgehead atoms. The molecule has 0 saturated carbocycles. The molecule has 9 heteroatoms. The fourth-order valence-corrected chi connectivity index (χ4v) is 2.38. The Morgan fingerprint density at radius 3 is 2.33 bits per heavy atom. The zero-order valence-electron chi connectivity index (χ0n) is 10.4. The predicted octanol–water partition coefficient (Wildman–Crippen LogP) is 3.73. The number of rotatable bonds is 3. The molecule has 0 aliphatic carbocycles. The largest absolute Gasteiger partial charge is 0.534 e. The van der Waals surface area contributed by atoms with Gasteiger partial charge in [-0.2, -0.15) is 21.6 Å². The number of fused-ring (bicyclic) bond motifs is 1. The fourth-order valence-electron chi connectivity index (χ4n) is 1.60. The number of halogens is 4. The van der Waals surface area contributed by atoms with Crippen molar-refractivity contribution in [3.63, 3.8) is 0 Å². The van der Waals surface area contributed by atoms with Crippen LogP contribution in [-0.4, -0.2) is 21.0 Å². The van der Waals surface area contributed by atoms with Crippen LogP contribution in [-0.2, 0) is 10.1 Å². The first-order valence-corrected chi connectivity index (χ1v) is 7.21. The van der Waals surface area contributed by atoms with Gasteiger partial charge >= 0.3 is 15.6 Å². The SMILES string of the molecule is COc1ccc2ccc(OS(=O)(=O)C(F)(F)F)c(Cl)c2c1. The molecule has 0 unspecified atom stereocenters. The molecule has 4 nitrogen and oxygen atoms in total. The van der Waals surface area contributed by atoms with Crippen LogP contribution in [0.1, 0.15) is 0 Å². The molecule has 0 atom stereocenters. The highest BCUT2D eigenvalue weighted by Crippen LogP contribution is 2.37. The van der Waals surface area contributed by atoms with Gasteiger partial charge in [0.25, 0.3) is 0 Å². The van der Waals surface area contributed by atoms with Gasteiger partial charge in [-0.15, -0.1) is 0 Å². The quantitative estimate of drug-likeness (QED) is 0.631. The van der Waals surface area contributed by atoms with Crippen LogP contribution in [0.4, 0.5) is 13.2 Å². The highest BCUT2D eigenvalue weighted by atomic mass is 35.5. The second-order valence-electron chi connectivity index (χ2n) is 3.95. The van der Waals surface area contributed by atoms with Crippen LogP contribution in [0.5, 0.6) is 11.5 Å². The van der Waals surface area contributed by atoms with Crippen molar-refractivity contribution in [3.8, 4) is 11.5 Å². The molecule has 0 aromatic heterocycles. The molecular formula is C12H8ClF3O4S. The molecule has 0 radical (unpaired) electrons. The lowest BCUT2D eigenvalue weighted by molar-refractivity contribution is -0.0500. The molecule has 0 saturated heterocycles. The van der Waals surface area contributed by atoms with Crippen molar-refractivity contribution < 1.29 is 30.5 Å². The van der Waals surface area contributed by atoms with Crippen molar-refractivity contribution in [1.29, 1.82) is 0 Å². The Bertz CT molecular complexity index is 787. The van der Waals surface area contributed by atoms with Crippen LogP contribution >= 0.6 is 11.6 Å². The summed E-state index contributed by atoms with van der Waals surface area (Å²) in [6.07, 6.45) is 0. The van der Waals surface area contributed by atoms with E-state index in [0.717, 1.165) is 6.07 Å². The summed E-state index contributed by atoms with van der Waals surface area (Å²) in [6, 6.07) is 7.17. The number of methoxy groups -OCH3 is 1. The molecular weight excluding hydrogens is 333 g/mol. The summed E-state index contributed by atoms with van der Waals surface area (Å²) in [7, 11) is -4.37. The average molecular weight is 341 g/mol. The third-order valence-corrected chi connectivity index (χ3v) is 3.97. The van der Waals surface area contributed by atoms with Gasteiger partial charge in [0.05, 0.1) is 12.1 Å². The van der Waals surface area contributed by atoms with Crippen LogP contribution in [0.2, 0.25) is 5.02 Å². The van der Waals surface area contributed by atoms with E-state index in [1.165, 1.54) is 19.2 Å². The van der Waals surface area contributed by atoms with Gasteiger partial charge in [-0.1, -0.05) is 23.7 Å². The lowest BCUT2D eigenvalue weighted by Crippen LogP contribution is -2.28. The maximum absolute atomic E-state index is 12.3. The van der Waals surface area contributed by atoms with Gasteiger partial charge in [-0.3, -0.25) is 0 Å². The van der Waals surface area contributed by atoms with Crippen molar-refractivity contribution in [1.82, 2.24) is 0 Å². The lowest BCUT2D eigenvalue weighted by Gasteiger charge is -2.12. The summed E-state index contributed by atoms with van der Waals surface area (Å²) >= 11 is 5.91. The topological polar surface area (TPSA) is 52.6 Å². The van der Waals surface area contributed by atoms with Crippen LogP contribution in [0.15, 0.2) is 30.3 Å². The third-order valence-electron chi connectivity index (χ3n) is 2.61. The molecule has 114 valence electrons. The molecule has 0 heterocycles. The highest BCUT2D eigenvalue weighted by molar-refractivity contribution is 7.88. The summed E-state index contributed by atoms with van der Waals surface area (Å²) < 4.78 is 68.0. The van der Waals surface area contributed by atoms with Crippen LogP contribution in [0, 0.1) is 0 Å². The van der Waals surface area contributed by atoms with Gasteiger partial charge in [0.2, 0.25) is 0 Å². The summed E-state index contributed by atoms with van der Waals surface area (Å²) in [5.74, 6) is -0.185. The second-order valence-corrected chi connectivity index (χ2v) is 5.86. The Kier molecular flexibility index (Phi) is 3.94. The highest BCUT2D eigenvalue weighted by Gasteiger charge is 2.48. The second kappa shape index (κ2) is 5.27. The number of hydrogen-bond acceptors (Lipinski definition) is 4. The molecule has 0 N–H and O–H groups in total. The van der Waals surface area contributed by atoms with Crippen molar-refractivity contribution in [3.05, 3.63) is 35.4 Å². The molecule has 2 aromatic rings. The fraction of sp³-hybridized carbons (Fsp3) is 0.167. The minimum atomic E-state index is -5.77. The lowest BCUT2D eigenvalue weighted by atomic mass is 10.1. The number of hydrogen-bond donors (Lipinski definition) is 0. The van der Waals surface area contributed by atoms with Gasteiger partial charge in [-0.25, -0.2) is 0 Å². The molecule has 0 spiro atoms. The molecule has 0 amide bonds. The summed E-state index contributed by atoms with van der Waals surface area (Å²) in [6.45, 7) is 0. The van der Waals surface area contributed by atoms with E-state index >= 15 is 0 Å². The number of ether oxygens (including phenoxy) is 1. The zero-order valence-corrected chi connectivity index (χ0v) is 12.0. The maximum Gasteiger partial charge on any atom is 0.534 e. The maximum atomic E-state index is 12.3. The van der Waals surface area contributed by atoms with Crippen molar-refractivity contribution in [2.45, 2.75) is 5.51 Å². The average Bonchev–Trinajstić information content (AvgIpc) is 2.40. The van der Waals surface area contributed by atoms with E-state index in [9.17, 15) is 21.6 Å². The van der Waals surface area contributed by atoms with Gasteiger partial charge in [0.15, 0.2) is 5.75 Å². The van der Waals surface area contributed by atoms with Crippen LogP contribution in [0.25, 0.3) is 10.8 Å². The first kappa shape index (κ1) is 15.7. The smallest absolute Gasteiger partial charge is 0.497 e. The van der Waals surface area contributed by atoms with E-state index in [-0.39, 0.29) is 5.02 Å². The third kappa shape index (κ3) is 3.01.